The maximum Gasteiger partial charge on any atom is 0.302 e. The fourth-order valence-corrected chi connectivity index (χ4v) is 1.20. The van der Waals surface area contributed by atoms with Crippen molar-refractivity contribution >= 4 is 17.3 Å². The molecule has 0 aliphatic heterocycles. The summed E-state index contributed by atoms with van der Waals surface area (Å²) in [5, 5.41) is 4.20. The van der Waals surface area contributed by atoms with Crippen LogP contribution in [0.15, 0.2) is 16.8 Å². The van der Waals surface area contributed by atoms with E-state index in [9.17, 15) is 4.79 Å². The Hall–Kier alpha value is -0.830. The van der Waals surface area contributed by atoms with Crippen LogP contribution in [0.3, 0.4) is 0 Å². The van der Waals surface area contributed by atoms with Gasteiger partial charge in [0.25, 0.3) is 0 Å². The van der Waals surface area contributed by atoms with E-state index in [2.05, 4.69) is 28.5 Å². The van der Waals surface area contributed by atoms with Crippen LogP contribution in [0.5, 0.6) is 0 Å². The Morgan fingerprint density at radius 3 is 2.42 bits per heavy atom. The summed E-state index contributed by atoms with van der Waals surface area (Å²) in [6.45, 7) is 5.75. The van der Waals surface area contributed by atoms with Gasteiger partial charge in [-0.15, -0.1) is 0 Å². The van der Waals surface area contributed by atoms with Crippen molar-refractivity contribution in [2.75, 3.05) is 6.61 Å². The Balaban J connectivity index is 0.000000202. The fraction of sp³-hybridized carbons (Fsp3) is 0.444. The standard InChI is InChI=1S/C5H6S.C4H8O2/c1-5-2-3-6-4-5;1-3-6-4(2)5/h2-4H,1H3;3H2,1-2H3. The van der Waals surface area contributed by atoms with Gasteiger partial charge in [0, 0.05) is 6.92 Å². The second-order valence-corrected chi connectivity index (χ2v) is 3.01. The minimum atomic E-state index is -0.211. The van der Waals surface area contributed by atoms with Gasteiger partial charge >= 0.3 is 5.97 Å². The molecule has 1 aromatic rings. The summed E-state index contributed by atoms with van der Waals surface area (Å²) in [5.41, 5.74) is 1.36. The van der Waals surface area contributed by atoms with Crippen molar-refractivity contribution in [1.82, 2.24) is 0 Å². The number of rotatable bonds is 1. The molecule has 0 saturated carbocycles. The lowest BCUT2D eigenvalue weighted by Crippen LogP contribution is -1.95. The molecule has 0 aromatic carbocycles. The van der Waals surface area contributed by atoms with Crippen LogP contribution in [-0.4, -0.2) is 12.6 Å². The molecule has 0 aliphatic rings. The molecule has 0 N–H and O–H groups in total. The maximum atomic E-state index is 9.82. The van der Waals surface area contributed by atoms with Gasteiger partial charge in [-0.05, 0) is 36.2 Å². The van der Waals surface area contributed by atoms with E-state index in [-0.39, 0.29) is 5.97 Å². The van der Waals surface area contributed by atoms with Crippen LogP contribution in [0.2, 0.25) is 0 Å². The third-order valence-corrected chi connectivity index (χ3v) is 1.81. The fourth-order valence-electron chi connectivity index (χ4n) is 0.536. The van der Waals surface area contributed by atoms with Crippen molar-refractivity contribution in [2.24, 2.45) is 0 Å². The first kappa shape index (κ1) is 11.2. The van der Waals surface area contributed by atoms with Gasteiger partial charge in [-0.25, -0.2) is 0 Å². The van der Waals surface area contributed by atoms with Crippen molar-refractivity contribution in [2.45, 2.75) is 20.8 Å². The number of aryl methyl sites for hydroxylation is 1. The molecule has 2 nitrogen and oxygen atoms in total. The summed E-state index contributed by atoms with van der Waals surface area (Å²) >= 11 is 1.74. The van der Waals surface area contributed by atoms with Crippen LogP contribution in [0, 0.1) is 6.92 Å². The lowest BCUT2D eigenvalue weighted by atomic mass is 10.4. The highest BCUT2D eigenvalue weighted by Crippen LogP contribution is 2.01. The molecule has 3 heteroatoms. The van der Waals surface area contributed by atoms with Crippen LogP contribution >= 0.6 is 11.3 Å². The molecule has 0 radical (unpaired) electrons. The van der Waals surface area contributed by atoms with E-state index in [1.807, 2.05) is 0 Å². The van der Waals surface area contributed by atoms with E-state index in [1.54, 1.807) is 18.3 Å². The molecule has 1 rings (SSSR count). The van der Waals surface area contributed by atoms with Crippen LogP contribution < -0.4 is 0 Å². The number of carbonyl (C=O) groups excluding carboxylic acids is 1. The van der Waals surface area contributed by atoms with Gasteiger partial charge in [0.15, 0.2) is 0 Å². The quantitative estimate of drug-likeness (QED) is 0.630. The van der Waals surface area contributed by atoms with Crippen LogP contribution in [0.4, 0.5) is 0 Å². The van der Waals surface area contributed by atoms with Crippen molar-refractivity contribution < 1.29 is 9.53 Å². The van der Waals surface area contributed by atoms with E-state index < -0.39 is 0 Å². The van der Waals surface area contributed by atoms with Gasteiger partial charge < -0.3 is 4.74 Å². The molecule has 0 amide bonds. The first-order chi connectivity index (χ1) is 5.66. The number of hydrogen-bond acceptors (Lipinski definition) is 3. The average molecular weight is 186 g/mol. The zero-order valence-electron chi connectivity index (χ0n) is 7.66. The Bertz CT molecular complexity index is 204. The van der Waals surface area contributed by atoms with Gasteiger partial charge in [-0.1, -0.05) is 0 Å². The first-order valence-corrected chi connectivity index (χ1v) is 4.73. The average Bonchev–Trinajstić information content (AvgIpc) is 2.40. The number of ether oxygens (including phenoxy) is 1. The molecule has 0 bridgehead atoms. The van der Waals surface area contributed by atoms with E-state index in [1.165, 1.54) is 12.5 Å². The Morgan fingerprint density at radius 1 is 1.67 bits per heavy atom. The van der Waals surface area contributed by atoms with Gasteiger partial charge in [-0.3, -0.25) is 4.79 Å². The minimum absolute atomic E-state index is 0.211. The molecule has 0 fully saturated rings. The van der Waals surface area contributed by atoms with Gasteiger partial charge in [0.1, 0.15) is 0 Å². The highest BCUT2D eigenvalue weighted by molar-refractivity contribution is 7.07. The monoisotopic (exact) mass is 186 g/mol. The SMILES string of the molecule is CCOC(C)=O.Cc1ccsc1. The summed E-state index contributed by atoms with van der Waals surface area (Å²) in [6, 6.07) is 2.10. The lowest BCUT2D eigenvalue weighted by molar-refractivity contribution is -0.140. The van der Waals surface area contributed by atoms with E-state index in [0.717, 1.165) is 0 Å². The second kappa shape index (κ2) is 6.85. The summed E-state index contributed by atoms with van der Waals surface area (Å²) in [6.07, 6.45) is 0. The maximum absolute atomic E-state index is 9.82. The summed E-state index contributed by atoms with van der Waals surface area (Å²) in [4.78, 5) is 9.82. The smallest absolute Gasteiger partial charge is 0.302 e. The molecule has 0 saturated heterocycles. The third kappa shape index (κ3) is 7.28. The number of hydrogen-bond donors (Lipinski definition) is 0. The molecule has 1 heterocycles. The summed E-state index contributed by atoms with van der Waals surface area (Å²) < 4.78 is 4.40. The molecular formula is C9H14O2S. The molecule has 12 heavy (non-hydrogen) atoms. The Morgan fingerprint density at radius 2 is 2.33 bits per heavy atom. The van der Waals surface area contributed by atoms with Crippen LogP contribution in [0.25, 0.3) is 0 Å². The van der Waals surface area contributed by atoms with Gasteiger partial charge in [0.05, 0.1) is 6.61 Å². The molecule has 1 aromatic heterocycles. The zero-order valence-corrected chi connectivity index (χ0v) is 8.48. The van der Waals surface area contributed by atoms with E-state index in [0.29, 0.717) is 6.61 Å². The van der Waals surface area contributed by atoms with Crippen molar-refractivity contribution in [3.63, 3.8) is 0 Å². The topological polar surface area (TPSA) is 26.3 Å². The highest BCUT2D eigenvalue weighted by atomic mass is 32.1. The molecular weight excluding hydrogens is 172 g/mol. The van der Waals surface area contributed by atoms with Crippen LogP contribution in [0.1, 0.15) is 19.4 Å². The normalized spacial score (nSPS) is 8.25. The van der Waals surface area contributed by atoms with Gasteiger partial charge in [-0.2, -0.15) is 11.3 Å². The van der Waals surface area contributed by atoms with E-state index in [4.69, 9.17) is 0 Å². The number of thiophene rings is 1. The molecule has 0 spiro atoms. The summed E-state index contributed by atoms with van der Waals surface area (Å²) in [7, 11) is 0. The number of esters is 1. The Kier molecular flexibility index (Phi) is 6.38. The largest absolute Gasteiger partial charge is 0.466 e. The minimum Gasteiger partial charge on any atom is -0.466 e. The molecule has 0 atom stereocenters. The van der Waals surface area contributed by atoms with Crippen molar-refractivity contribution in [3.8, 4) is 0 Å². The highest BCUT2D eigenvalue weighted by Gasteiger charge is 1.81. The second-order valence-electron chi connectivity index (χ2n) is 2.23. The molecule has 0 aliphatic carbocycles. The van der Waals surface area contributed by atoms with Gasteiger partial charge in [0.2, 0.25) is 0 Å². The van der Waals surface area contributed by atoms with Crippen molar-refractivity contribution in [1.29, 1.82) is 0 Å². The van der Waals surface area contributed by atoms with Crippen LogP contribution in [-0.2, 0) is 9.53 Å². The zero-order chi connectivity index (χ0) is 9.40. The molecule has 68 valence electrons. The third-order valence-electron chi connectivity index (χ3n) is 1.01. The van der Waals surface area contributed by atoms with Crippen molar-refractivity contribution in [3.05, 3.63) is 22.4 Å². The lowest BCUT2D eigenvalue weighted by Gasteiger charge is -1.89. The predicted octanol–water partition coefficient (Wildman–Crippen LogP) is 2.63. The Labute approximate surface area is 77.2 Å². The van der Waals surface area contributed by atoms with E-state index >= 15 is 0 Å². The summed E-state index contributed by atoms with van der Waals surface area (Å²) in [5.74, 6) is -0.211. The molecule has 0 unspecified atom stereocenters. The first-order valence-electron chi connectivity index (χ1n) is 3.79. The predicted molar refractivity (Wildman–Crippen MR) is 51.4 cm³/mol. The number of carbonyl (C=O) groups is 1.